The molecule has 3 aliphatic heterocycles. The maximum Gasteiger partial charge on any atom is 0.397 e. The van der Waals surface area contributed by atoms with Gasteiger partial charge in [-0.2, -0.15) is 39.5 Å². The Morgan fingerprint density at radius 1 is 0.676 bits per heavy atom. The van der Waals surface area contributed by atoms with Gasteiger partial charge < -0.3 is 64.6 Å². The number of nitrogens with zero attached hydrogens (tertiary/aromatic N) is 9. The zero-order valence-corrected chi connectivity index (χ0v) is 65.6. The Morgan fingerprint density at radius 2 is 1.30 bits per heavy atom. The highest BCUT2D eigenvalue weighted by atomic mass is 19.4. The quantitative estimate of drug-likeness (QED) is 0.103. The number of fused-ring (bicyclic) bond motifs is 3. The lowest BCUT2D eigenvalue weighted by molar-refractivity contribution is -0.219. The lowest BCUT2D eigenvalue weighted by Crippen LogP contribution is -2.69. The Kier molecular flexibility index (Phi) is 32.0. The number of alkyl halides is 11. The van der Waals surface area contributed by atoms with Crippen LogP contribution >= 0.6 is 0 Å². The minimum atomic E-state index is -5.24. The van der Waals surface area contributed by atoms with Gasteiger partial charge in [-0.3, -0.25) is 58.1 Å². The molecule has 4 aliphatic carbocycles. The van der Waals surface area contributed by atoms with Crippen molar-refractivity contribution in [3.8, 4) is 0 Å². The molecule has 0 aromatic rings. The topological polar surface area (TPSA) is 282 Å². The summed E-state index contributed by atoms with van der Waals surface area (Å²) in [6.07, 6.45) is -23.5. The Balaban J connectivity index is 1.34. The zero-order valence-electron chi connectivity index (χ0n) is 65.6. The second-order valence-electron chi connectivity index (χ2n) is 32.0. The second-order valence-corrected chi connectivity index (χ2v) is 32.0. The molecule has 3 heterocycles. The Morgan fingerprint density at radius 3 is 1.86 bits per heavy atom. The van der Waals surface area contributed by atoms with E-state index in [9.17, 15) is 73.4 Å². The van der Waals surface area contributed by atoms with Crippen molar-refractivity contribution in [1.82, 2.24) is 60.0 Å². The van der Waals surface area contributed by atoms with Gasteiger partial charge in [-0.1, -0.05) is 52.2 Å². The average molecular weight is 1600 g/mol. The summed E-state index contributed by atoms with van der Waals surface area (Å²) in [5.74, 6) is -18.6. The van der Waals surface area contributed by atoms with Crippen LogP contribution in [0.2, 0.25) is 0 Å². The number of ether oxygens (including phenoxy) is 1. The Hall–Kier alpha value is -6.98. The Labute approximate surface area is 642 Å². The SMILES string of the molecule is CCCN(C)C(=O)[C@@H]1CC(=O)N(C)[C@@H](CC(F)(F)F)C(=O)N[C@@H]([C@@H](C)CC)C(=O)N(C)CC(=O)N(C)[C@H]2C/C=C\CCN(C2=O)[C@@H](CC2CCC(C(F)(F)F)CC2)C(=O)N(C)CC(=O)N[C@@H](CCC2CC(F)C(C(F)(F)F)C(F)C2)C(=O)N2C[C@H](OCC)C[C@H]2C(O)NC2(CCC2)C(=O)N(C)[C@@H](C2CCCC2)C(=O)N1C. The van der Waals surface area contributed by atoms with Gasteiger partial charge in [0.25, 0.3) is 0 Å². The van der Waals surface area contributed by atoms with Gasteiger partial charge in [-0.05, 0) is 146 Å². The first-order valence-electron chi connectivity index (χ1n) is 39.1. The van der Waals surface area contributed by atoms with E-state index >= 15 is 32.8 Å². The molecule has 7 aliphatic rings. The summed E-state index contributed by atoms with van der Waals surface area (Å²) in [7, 11) is 8.39. The van der Waals surface area contributed by atoms with E-state index in [-0.39, 0.29) is 103 Å². The largest absolute Gasteiger partial charge is 0.397 e. The van der Waals surface area contributed by atoms with Crippen molar-refractivity contribution in [3.63, 3.8) is 0 Å². The summed E-state index contributed by atoms with van der Waals surface area (Å²) in [5, 5.41) is 20.7. The summed E-state index contributed by atoms with van der Waals surface area (Å²) >= 11 is 0. The third-order valence-corrected chi connectivity index (χ3v) is 24.3. The number of aliphatic hydroxyl groups excluding tert-OH is 1. The lowest BCUT2D eigenvalue weighted by Gasteiger charge is -2.48. The number of aliphatic hydroxyl groups is 1. The fourth-order valence-corrected chi connectivity index (χ4v) is 17.3. The van der Waals surface area contributed by atoms with Crippen LogP contribution in [0.4, 0.5) is 48.3 Å². The van der Waals surface area contributed by atoms with Crippen LogP contribution in [0.15, 0.2) is 12.2 Å². The van der Waals surface area contributed by atoms with Gasteiger partial charge >= 0.3 is 18.5 Å². The second kappa shape index (κ2) is 38.9. The zero-order chi connectivity index (χ0) is 82.7. The van der Waals surface area contributed by atoms with Crippen molar-refractivity contribution in [3.05, 3.63) is 12.2 Å². The van der Waals surface area contributed by atoms with Gasteiger partial charge in [0, 0.05) is 75.6 Å². The van der Waals surface area contributed by atoms with E-state index in [4.69, 9.17) is 4.74 Å². The average Bonchev–Trinajstić information content (AvgIpc) is 1.74. The molecule has 25 nitrogen and oxygen atoms in total. The number of hydrogen-bond acceptors (Lipinski definition) is 14. The lowest BCUT2D eigenvalue weighted by atomic mass is 9.74. The highest BCUT2D eigenvalue weighted by Gasteiger charge is 2.57. The van der Waals surface area contributed by atoms with E-state index in [0.717, 1.165) is 43.5 Å². The van der Waals surface area contributed by atoms with E-state index < -0.39 is 243 Å². The van der Waals surface area contributed by atoms with Crippen LogP contribution in [0.3, 0.4) is 0 Å². The molecule has 3 unspecified atom stereocenters. The fraction of sp³-hybridized carbons (Fsp3) is 0.827. The van der Waals surface area contributed by atoms with Gasteiger partial charge in [-0.25, -0.2) is 8.78 Å². The molecule has 6 fully saturated rings. The maximum absolute atomic E-state index is 15.6. The number of amides is 11. The first kappa shape index (κ1) is 91.2. The molecule has 13 atom stereocenters. The smallest absolute Gasteiger partial charge is 0.377 e. The molecule has 36 heteroatoms. The third-order valence-electron chi connectivity index (χ3n) is 24.3. The van der Waals surface area contributed by atoms with Crippen LogP contribution in [-0.2, 0) is 57.5 Å². The molecule has 11 amide bonds. The predicted molar refractivity (Wildman–Crippen MR) is 383 cm³/mol. The van der Waals surface area contributed by atoms with Crippen molar-refractivity contribution in [2.75, 3.05) is 88.7 Å². The van der Waals surface area contributed by atoms with Crippen LogP contribution in [0, 0.1) is 35.5 Å². The van der Waals surface area contributed by atoms with E-state index in [1.54, 1.807) is 32.9 Å². The van der Waals surface area contributed by atoms with Gasteiger partial charge in [0.15, 0.2) is 0 Å². The molecule has 0 aromatic carbocycles. The molecule has 111 heavy (non-hydrogen) atoms. The van der Waals surface area contributed by atoms with E-state index in [1.807, 2.05) is 0 Å². The molecule has 4 saturated carbocycles. The molecule has 2 saturated heterocycles. The molecule has 0 radical (unpaired) electrons. The van der Waals surface area contributed by atoms with Crippen molar-refractivity contribution in [1.29, 1.82) is 0 Å². The first-order chi connectivity index (χ1) is 51.9. The standard InChI is InChI=1S/C75H115F11N12O13/c1-12-32-90(5)66(105)54-38-58(100)94(9)56(39-73(78,79)80)63(102)88-61(43(4)13-2)69(108)92(7)42-59(101)93(8)52-23-16-15-19-33-97(68(52)107)55(36-44-24-27-47(28-25-44)74(81,82)83)67(106)91(6)41-57(99)87-51(29-26-45-34-49(76)60(50(77)35-45)75(84,85)86)65(104)98-40-48(111-14-3)37-53(98)64(103)89-72(30-20-31-72)71(110)96(11)62(70(109)95(54)10)46-21-17-18-22-46/h15-16,43-56,60-62,64,89,103H,12-14,17-42H2,1-11H3,(H,87,99)(H,88,102)/b16-15-/t43-,44?,45?,47?,48+,49?,50?,51-,52-,53-,54-,55-,56-,60?,61-,62-,64?/m0/s1. The number of halogens is 11. The molecule has 4 N–H and O–H groups in total. The van der Waals surface area contributed by atoms with Gasteiger partial charge in [0.1, 0.15) is 72.3 Å². The van der Waals surface area contributed by atoms with E-state index in [0.29, 0.717) is 43.4 Å². The number of carbonyl (C=O) groups is 11. The van der Waals surface area contributed by atoms with Crippen LogP contribution in [-0.4, -0.2) is 300 Å². The monoisotopic (exact) mass is 1600 g/mol. The van der Waals surface area contributed by atoms with Crippen molar-refractivity contribution in [2.45, 2.75) is 272 Å². The van der Waals surface area contributed by atoms with Crippen LogP contribution in [0.5, 0.6) is 0 Å². The minimum Gasteiger partial charge on any atom is -0.377 e. The molecule has 0 aromatic heterocycles. The molecular formula is C75H115F11N12O13. The number of hydrogen-bond donors (Lipinski definition) is 4. The highest BCUT2D eigenvalue weighted by molar-refractivity contribution is 5.99. The summed E-state index contributed by atoms with van der Waals surface area (Å²) in [5.41, 5.74) is -1.69. The summed E-state index contributed by atoms with van der Waals surface area (Å²) in [6, 6.07) is -13.4. The predicted octanol–water partition coefficient (Wildman–Crippen LogP) is 6.83. The number of carbonyl (C=O) groups excluding carboxylic acids is 11. The molecule has 2 bridgehead atoms. The number of nitrogens with one attached hydrogen (secondary N) is 3. The fourth-order valence-electron chi connectivity index (χ4n) is 17.3. The molecular weight excluding hydrogens is 1490 g/mol. The first-order valence-corrected chi connectivity index (χ1v) is 39.1. The van der Waals surface area contributed by atoms with Crippen molar-refractivity contribution < 1.29 is 111 Å². The number of rotatable bonds is 14. The normalized spacial score (nSPS) is 32.3. The highest BCUT2D eigenvalue weighted by Crippen LogP contribution is 2.46. The van der Waals surface area contributed by atoms with Crippen molar-refractivity contribution >= 4 is 65.0 Å². The van der Waals surface area contributed by atoms with Gasteiger partial charge in [0.2, 0.25) is 65.0 Å². The summed E-state index contributed by atoms with van der Waals surface area (Å²) < 4.78 is 166. The molecule has 1 spiro atoms. The van der Waals surface area contributed by atoms with Crippen LogP contribution in [0.25, 0.3) is 0 Å². The molecule has 630 valence electrons. The number of likely N-dealkylation sites (N-methyl/N-ethyl adjacent to an activating group) is 7. The van der Waals surface area contributed by atoms with E-state index in [1.165, 1.54) is 52.0 Å². The maximum atomic E-state index is 15.6. The van der Waals surface area contributed by atoms with Gasteiger partial charge in [0.05, 0.1) is 44.0 Å². The van der Waals surface area contributed by atoms with Crippen LogP contribution in [0.1, 0.15) is 175 Å². The van der Waals surface area contributed by atoms with Crippen molar-refractivity contribution in [2.24, 2.45) is 35.5 Å². The van der Waals surface area contributed by atoms with Crippen LogP contribution < -0.4 is 16.0 Å². The third kappa shape index (κ3) is 22.7. The summed E-state index contributed by atoms with van der Waals surface area (Å²) in [4.78, 5) is 175. The minimum absolute atomic E-state index is 0.0382. The molecule has 7 rings (SSSR count). The van der Waals surface area contributed by atoms with E-state index in [2.05, 4.69) is 16.0 Å². The summed E-state index contributed by atoms with van der Waals surface area (Å²) in [6.45, 7) is 4.37. The van der Waals surface area contributed by atoms with Gasteiger partial charge in [-0.15, -0.1) is 0 Å². The Bertz CT molecular complexity index is 3270.